The Morgan fingerprint density at radius 1 is 0.926 bits per heavy atom. The van der Waals surface area contributed by atoms with Gasteiger partial charge in [-0.3, -0.25) is 9.59 Å². The van der Waals surface area contributed by atoms with Crippen molar-refractivity contribution in [1.29, 1.82) is 0 Å². The number of ketones is 2. The molecule has 360 valence electrons. The second-order valence-electron chi connectivity index (χ2n) is 20.5. The first-order valence-corrected chi connectivity index (χ1v) is 26.8. The highest BCUT2D eigenvalue weighted by Crippen LogP contribution is 2.66. The molecular weight excluding hydrogens is 895 g/mol. The van der Waals surface area contributed by atoms with E-state index in [9.17, 15) is 35.1 Å². The number of benzene rings is 3. The number of Topliss-reactive ketones (excluding diaryl/α,β-unsaturated/α-hetero) is 1. The van der Waals surface area contributed by atoms with Gasteiger partial charge in [0.25, 0.3) is 0 Å². The smallest absolute Gasteiger partial charge is 0.165 e. The number of nitrogens with two attached hydrogens (primary N) is 2. The number of allylic oxidation sites excluding steroid dienone is 2. The third-order valence-electron chi connectivity index (χ3n) is 16.1. The highest BCUT2D eigenvalue weighted by atomic mass is 33.1. The summed E-state index contributed by atoms with van der Waals surface area (Å²) in [5.74, 6) is 7.82. The molecule has 4 aliphatic carbocycles. The molecule has 0 unspecified atom stereocenters. The molecular formula is C55H65N3O8S2. The number of phenolic OH excluding ortho intramolecular Hbond substituents is 2. The van der Waals surface area contributed by atoms with E-state index in [0.717, 1.165) is 84.9 Å². The Morgan fingerprint density at radius 3 is 2.51 bits per heavy atom. The topological polar surface area (TPSA) is 212 Å². The molecule has 11 nitrogen and oxygen atoms in total. The van der Waals surface area contributed by atoms with E-state index < -0.39 is 29.7 Å². The first-order chi connectivity index (χ1) is 32.8. The number of aromatic nitrogens is 1. The number of aromatic amines is 1. The fourth-order valence-electron chi connectivity index (χ4n) is 12.5. The Bertz CT molecular complexity index is 2610. The van der Waals surface area contributed by atoms with Crippen LogP contribution in [0.15, 0.2) is 72.9 Å². The highest BCUT2D eigenvalue weighted by Gasteiger charge is 2.60. The van der Waals surface area contributed by atoms with Crippen LogP contribution in [0.3, 0.4) is 0 Å². The van der Waals surface area contributed by atoms with E-state index in [1.165, 1.54) is 0 Å². The second kappa shape index (κ2) is 20.4. The summed E-state index contributed by atoms with van der Waals surface area (Å²) in [5.41, 5.74) is 18.9. The average molecular weight is 960 g/mol. The van der Waals surface area contributed by atoms with Gasteiger partial charge >= 0.3 is 0 Å². The number of nitrogens with one attached hydrogen (secondary N) is 1. The summed E-state index contributed by atoms with van der Waals surface area (Å²) in [5, 5.41) is 55.3. The average Bonchev–Trinajstić information content (AvgIpc) is 4.05. The Morgan fingerprint density at radius 2 is 1.72 bits per heavy atom. The van der Waals surface area contributed by atoms with E-state index >= 15 is 0 Å². The maximum Gasteiger partial charge on any atom is 0.165 e. The van der Waals surface area contributed by atoms with Gasteiger partial charge in [0.2, 0.25) is 0 Å². The van der Waals surface area contributed by atoms with Crippen LogP contribution in [-0.2, 0) is 29.8 Å². The fourth-order valence-corrected chi connectivity index (χ4v) is 15.3. The molecule has 0 spiro atoms. The van der Waals surface area contributed by atoms with Crippen molar-refractivity contribution in [2.75, 3.05) is 19.0 Å². The first-order valence-electron chi connectivity index (χ1n) is 24.3. The number of H-pyrrole nitrogens is 1. The number of aromatic hydroxyl groups is 2. The van der Waals surface area contributed by atoms with Gasteiger partial charge in [-0.15, -0.1) is 0 Å². The number of carbonyl (C=O) groups is 2. The van der Waals surface area contributed by atoms with Gasteiger partial charge in [-0.25, -0.2) is 0 Å². The van der Waals surface area contributed by atoms with Gasteiger partial charge in [0.1, 0.15) is 5.75 Å². The van der Waals surface area contributed by atoms with Crippen LogP contribution in [0.1, 0.15) is 144 Å². The molecule has 13 heteroatoms. The normalized spacial score (nSPS) is 27.2. The third kappa shape index (κ3) is 10.2. The minimum Gasteiger partial charge on any atom is -0.508 e. The maximum absolute atomic E-state index is 14.3. The fraction of sp³-hybridized carbons (Fsp3) is 0.491. The van der Waals surface area contributed by atoms with E-state index in [1.54, 1.807) is 58.1 Å². The monoisotopic (exact) mass is 959 g/mol. The summed E-state index contributed by atoms with van der Waals surface area (Å²) in [6.45, 7) is -0.0447. The third-order valence-corrected chi connectivity index (χ3v) is 18.6. The molecule has 4 aromatic rings. The number of phenols is 2. The van der Waals surface area contributed by atoms with E-state index in [2.05, 4.69) is 29.0 Å². The Hall–Kier alpha value is -4.52. The molecule has 0 radical (unpaired) electrons. The van der Waals surface area contributed by atoms with Gasteiger partial charge in [0.05, 0.1) is 38.0 Å². The summed E-state index contributed by atoms with van der Waals surface area (Å²) in [7, 11) is 3.41. The summed E-state index contributed by atoms with van der Waals surface area (Å²) >= 11 is 0. The predicted octanol–water partition coefficient (Wildman–Crippen LogP) is 8.46. The molecule has 1 aliphatic heterocycles. The number of aliphatic hydroxyl groups excluding tert-OH is 3. The zero-order chi connectivity index (χ0) is 47.6. The summed E-state index contributed by atoms with van der Waals surface area (Å²) in [6.07, 6.45) is 13.7. The molecule has 2 heterocycles. The molecule has 8 bridgehead atoms. The van der Waals surface area contributed by atoms with Crippen molar-refractivity contribution in [3.63, 3.8) is 0 Å². The quantitative estimate of drug-likeness (QED) is 0.0520. The molecule has 3 fully saturated rings. The van der Waals surface area contributed by atoms with Gasteiger partial charge < -0.3 is 46.7 Å². The van der Waals surface area contributed by atoms with Crippen LogP contribution < -0.4 is 16.2 Å². The number of hydrogen-bond acceptors (Lipinski definition) is 12. The van der Waals surface area contributed by atoms with Crippen molar-refractivity contribution in [1.82, 2.24) is 4.98 Å². The Labute approximate surface area is 407 Å². The van der Waals surface area contributed by atoms with Crippen molar-refractivity contribution in [3.05, 3.63) is 123 Å². The lowest BCUT2D eigenvalue weighted by Crippen LogP contribution is -2.40. The van der Waals surface area contributed by atoms with E-state index in [1.807, 2.05) is 24.3 Å². The van der Waals surface area contributed by atoms with E-state index in [-0.39, 0.29) is 65.9 Å². The van der Waals surface area contributed by atoms with E-state index in [0.29, 0.717) is 66.0 Å². The van der Waals surface area contributed by atoms with Crippen LogP contribution in [-0.4, -0.2) is 73.3 Å². The van der Waals surface area contributed by atoms with Gasteiger partial charge in [-0.2, -0.15) is 0 Å². The summed E-state index contributed by atoms with van der Waals surface area (Å²) < 4.78 is 6.17. The van der Waals surface area contributed by atoms with Crippen molar-refractivity contribution in [2.24, 2.45) is 33.6 Å². The number of carbonyl (C=O) groups excluding carboxylic acids is 2. The standard InChI is InChI=1S/C55H65N3O8S2/c56-52(57)43-24-36-4-3-5-46-41(14-20-58-46)49(64)26-44-42(36)25-37(43)31-67-68-33-55-18-12-38(27-53(16-1-2-17-53)28-40(61)30-59)54(32-55,29-51(55)65)19-13-39(60)9-6-34-8-11-48(63)50(23-34)66-21-15-35-7-10-47(62)45(44)22-35/h7-8,10-11,13-14,19-20,22-25,38,40,44,51-52,58-59,61-63,65H,1-2,5-6,9,12,15-18,21,26-33,56-57H2/b19-13+/t38-,40-,44-,51-,54+,55+/m0/s1. The second-order valence-corrected chi connectivity index (χ2v) is 23.0. The molecule has 3 saturated carbocycles. The Balaban J connectivity index is 1.09. The predicted molar refractivity (Wildman–Crippen MR) is 267 cm³/mol. The van der Waals surface area contributed by atoms with Crippen molar-refractivity contribution >= 4 is 33.2 Å². The highest BCUT2D eigenvalue weighted by molar-refractivity contribution is 8.76. The maximum atomic E-state index is 14.3. The van der Waals surface area contributed by atoms with Gasteiger partial charge in [0, 0.05) is 70.7 Å². The largest absolute Gasteiger partial charge is 0.508 e. The number of hydrogen-bond donors (Lipinski definition) is 8. The summed E-state index contributed by atoms with van der Waals surface area (Å²) in [4.78, 5) is 31.2. The molecule has 9 rings (SSSR count). The molecule has 3 aromatic carbocycles. The lowest BCUT2D eigenvalue weighted by atomic mass is 9.58. The molecule has 0 saturated heterocycles. The first kappa shape index (κ1) is 48.5. The molecule has 10 N–H and O–H groups in total. The van der Waals surface area contributed by atoms with Crippen LogP contribution in [0.2, 0.25) is 0 Å². The molecule has 68 heavy (non-hydrogen) atoms. The molecule has 0 amide bonds. The molecule has 5 aliphatic rings. The van der Waals surface area contributed by atoms with Crippen molar-refractivity contribution in [3.8, 4) is 29.1 Å². The van der Waals surface area contributed by atoms with Crippen LogP contribution in [0.5, 0.6) is 17.2 Å². The van der Waals surface area contributed by atoms with Crippen LogP contribution in [0.4, 0.5) is 0 Å². The van der Waals surface area contributed by atoms with Crippen LogP contribution in [0.25, 0.3) is 0 Å². The number of fused-ring (bicyclic) bond motifs is 7. The minimum absolute atomic E-state index is 0.00320. The Kier molecular flexibility index (Phi) is 14.6. The number of aliphatic hydroxyl groups is 3. The number of aryl methyl sites for hydroxylation is 1. The van der Waals surface area contributed by atoms with Gasteiger partial charge in [0.15, 0.2) is 23.1 Å². The lowest BCUT2D eigenvalue weighted by molar-refractivity contribution is -0.114. The zero-order valence-corrected chi connectivity index (χ0v) is 40.3. The van der Waals surface area contributed by atoms with E-state index in [4.69, 9.17) is 16.2 Å². The minimum atomic E-state index is -0.802. The molecule has 6 atom stereocenters. The lowest BCUT2D eigenvalue weighted by Gasteiger charge is -2.47. The van der Waals surface area contributed by atoms with Crippen LogP contribution >= 0.6 is 21.6 Å². The number of rotatable bonds is 6. The van der Waals surface area contributed by atoms with Gasteiger partial charge in [-0.05, 0) is 139 Å². The van der Waals surface area contributed by atoms with Crippen LogP contribution in [0, 0.1) is 34.0 Å². The SMILES string of the molecule is NC(N)c1cc2c3cc1CSSC[C@]14CC[C@@H](CC5(C[C@H](O)CO)CCCC5)[C@](/C=C/C(=O)CCc5ccc(O)c(c5)OCCc5ccc(O)c(c5)[C@H]3CC(=O)c3cc[nH]c3CC#C2)(C[C@@H]1O)C4. The number of ether oxygens (including phenoxy) is 1. The molecule has 1 aromatic heterocycles. The summed E-state index contributed by atoms with van der Waals surface area (Å²) in [6, 6.07) is 16.4. The van der Waals surface area contributed by atoms with Gasteiger partial charge in [-0.1, -0.05) is 76.6 Å². The van der Waals surface area contributed by atoms with Crippen molar-refractivity contribution in [2.45, 2.75) is 126 Å². The zero-order valence-electron chi connectivity index (χ0n) is 38.7. The van der Waals surface area contributed by atoms with Crippen molar-refractivity contribution < 1.29 is 39.9 Å².